The van der Waals surface area contributed by atoms with E-state index in [4.69, 9.17) is 10.8 Å². The Morgan fingerprint density at radius 2 is 2.33 bits per heavy atom. The summed E-state index contributed by atoms with van der Waals surface area (Å²) < 4.78 is 1.67. The molecular weight excluding hydrogens is 216 g/mol. The molecule has 1 saturated carbocycles. The first-order valence-corrected chi connectivity index (χ1v) is 5.52. The van der Waals surface area contributed by atoms with E-state index in [-0.39, 0.29) is 11.2 Å². The van der Waals surface area contributed by atoms with Gasteiger partial charge in [0.15, 0.2) is 5.16 Å². The van der Waals surface area contributed by atoms with Crippen molar-refractivity contribution < 1.29 is 9.90 Å². The van der Waals surface area contributed by atoms with Crippen LogP contribution in [0.1, 0.15) is 12.8 Å². The Kier molecular flexibility index (Phi) is 2.56. The summed E-state index contributed by atoms with van der Waals surface area (Å²) in [5.74, 6) is -0.634. The molecule has 2 atom stereocenters. The first-order valence-electron chi connectivity index (χ1n) is 4.64. The Bertz CT molecular complexity index is 392. The van der Waals surface area contributed by atoms with Crippen LogP contribution in [0.25, 0.3) is 0 Å². The highest BCUT2D eigenvalue weighted by Crippen LogP contribution is 2.40. The molecule has 0 bridgehead atoms. The molecule has 7 heteroatoms. The number of aliphatic carboxylic acids is 1. The second-order valence-electron chi connectivity index (χ2n) is 3.58. The molecule has 6 nitrogen and oxygen atoms in total. The number of carbonyl (C=O) groups is 1. The van der Waals surface area contributed by atoms with Crippen molar-refractivity contribution in [2.75, 3.05) is 5.73 Å². The van der Waals surface area contributed by atoms with Gasteiger partial charge in [0.05, 0.1) is 5.92 Å². The minimum Gasteiger partial charge on any atom is -0.481 e. The molecule has 0 spiro atoms. The minimum atomic E-state index is -0.728. The Balaban J connectivity index is 2.04. The van der Waals surface area contributed by atoms with Gasteiger partial charge in [0.25, 0.3) is 0 Å². The van der Waals surface area contributed by atoms with Crippen molar-refractivity contribution in [2.24, 2.45) is 13.0 Å². The first-order chi connectivity index (χ1) is 7.09. The Morgan fingerprint density at radius 1 is 1.60 bits per heavy atom. The highest BCUT2D eigenvalue weighted by atomic mass is 32.2. The molecule has 1 aliphatic carbocycles. The maximum Gasteiger partial charge on any atom is 0.307 e. The first kappa shape index (κ1) is 10.3. The van der Waals surface area contributed by atoms with Crippen LogP contribution >= 0.6 is 11.8 Å². The van der Waals surface area contributed by atoms with Gasteiger partial charge in [-0.05, 0) is 12.8 Å². The van der Waals surface area contributed by atoms with Gasteiger partial charge in [-0.2, -0.15) is 0 Å². The number of carboxylic acid groups (broad SMARTS) is 1. The molecule has 0 saturated heterocycles. The lowest BCUT2D eigenvalue weighted by Gasteiger charge is -2.31. The number of anilines is 1. The maximum absolute atomic E-state index is 10.8. The van der Waals surface area contributed by atoms with Crippen LogP contribution in [0, 0.1) is 5.92 Å². The van der Waals surface area contributed by atoms with E-state index in [0.29, 0.717) is 11.1 Å². The predicted octanol–water partition coefficient (Wildman–Crippen LogP) is 0.353. The highest BCUT2D eigenvalue weighted by Gasteiger charge is 2.38. The highest BCUT2D eigenvalue weighted by molar-refractivity contribution is 7.99. The third-order valence-electron chi connectivity index (χ3n) is 2.65. The average molecular weight is 228 g/mol. The molecule has 0 amide bonds. The molecule has 1 fully saturated rings. The lowest BCUT2D eigenvalue weighted by Crippen LogP contribution is -2.35. The fraction of sp³-hybridized carbons (Fsp3) is 0.625. The second kappa shape index (κ2) is 3.73. The molecule has 2 unspecified atom stereocenters. The summed E-state index contributed by atoms with van der Waals surface area (Å²) in [5, 5.41) is 17.3. The van der Waals surface area contributed by atoms with Gasteiger partial charge in [-0.3, -0.25) is 9.36 Å². The van der Waals surface area contributed by atoms with Crippen molar-refractivity contribution in [3.63, 3.8) is 0 Å². The van der Waals surface area contributed by atoms with Crippen molar-refractivity contribution >= 4 is 23.7 Å². The standard InChI is InChI=1S/C8H12N4O2S/c1-12-7(9)10-11-8(12)15-5-3-2-4(5)6(13)14/h4-5H,2-3H2,1H3,(H2,9,10)(H,13,14). The third-order valence-corrected chi connectivity index (χ3v) is 4.09. The van der Waals surface area contributed by atoms with Gasteiger partial charge in [0.1, 0.15) is 0 Å². The quantitative estimate of drug-likeness (QED) is 0.775. The summed E-state index contributed by atoms with van der Waals surface area (Å²) in [6.45, 7) is 0. The van der Waals surface area contributed by atoms with Gasteiger partial charge in [-0.1, -0.05) is 11.8 Å². The van der Waals surface area contributed by atoms with Crippen LogP contribution in [0.4, 0.5) is 5.95 Å². The number of hydrogen-bond acceptors (Lipinski definition) is 5. The average Bonchev–Trinajstić information content (AvgIpc) is 2.42. The van der Waals surface area contributed by atoms with Crippen LogP contribution in [0.2, 0.25) is 0 Å². The number of aromatic nitrogens is 3. The largest absolute Gasteiger partial charge is 0.481 e. The fourth-order valence-corrected chi connectivity index (χ4v) is 2.74. The summed E-state index contributed by atoms with van der Waals surface area (Å²) in [6.07, 6.45) is 1.66. The van der Waals surface area contributed by atoms with Crippen molar-refractivity contribution in [1.29, 1.82) is 0 Å². The molecule has 82 valence electrons. The van der Waals surface area contributed by atoms with Crippen LogP contribution < -0.4 is 5.73 Å². The molecule has 0 aliphatic heterocycles. The fourth-order valence-electron chi connectivity index (χ4n) is 1.46. The Labute approximate surface area is 90.9 Å². The normalized spacial score (nSPS) is 24.9. The van der Waals surface area contributed by atoms with Crippen LogP contribution in [0.15, 0.2) is 5.16 Å². The molecule has 0 aromatic carbocycles. The van der Waals surface area contributed by atoms with E-state index in [1.165, 1.54) is 11.8 Å². The number of nitrogens with two attached hydrogens (primary N) is 1. The van der Waals surface area contributed by atoms with Crippen molar-refractivity contribution in [1.82, 2.24) is 14.8 Å². The van der Waals surface area contributed by atoms with Crippen LogP contribution in [-0.2, 0) is 11.8 Å². The number of hydrogen-bond donors (Lipinski definition) is 2. The van der Waals surface area contributed by atoms with E-state index < -0.39 is 5.97 Å². The van der Waals surface area contributed by atoms with Crippen LogP contribution in [0.3, 0.4) is 0 Å². The van der Waals surface area contributed by atoms with Crippen molar-refractivity contribution in [3.05, 3.63) is 0 Å². The Hall–Kier alpha value is -1.24. The predicted molar refractivity (Wildman–Crippen MR) is 55.4 cm³/mol. The third kappa shape index (κ3) is 1.79. The minimum absolute atomic E-state index is 0.102. The van der Waals surface area contributed by atoms with Gasteiger partial charge in [-0.15, -0.1) is 10.2 Å². The van der Waals surface area contributed by atoms with E-state index in [1.807, 2.05) is 0 Å². The maximum atomic E-state index is 10.8. The lowest BCUT2D eigenvalue weighted by molar-refractivity contribution is -0.144. The number of rotatable bonds is 3. The zero-order valence-electron chi connectivity index (χ0n) is 8.25. The van der Waals surface area contributed by atoms with Gasteiger partial charge in [-0.25, -0.2) is 0 Å². The number of carboxylic acids is 1. The molecule has 15 heavy (non-hydrogen) atoms. The van der Waals surface area contributed by atoms with Crippen LogP contribution in [-0.4, -0.2) is 31.1 Å². The van der Waals surface area contributed by atoms with E-state index >= 15 is 0 Å². The molecular formula is C8H12N4O2S. The smallest absolute Gasteiger partial charge is 0.307 e. The van der Waals surface area contributed by atoms with Gasteiger partial charge in [0.2, 0.25) is 5.95 Å². The van der Waals surface area contributed by atoms with Gasteiger partial charge in [0, 0.05) is 12.3 Å². The van der Waals surface area contributed by atoms with Crippen LogP contribution in [0.5, 0.6) is 0 Å². The zero-order valence-corrected chi connectivity index (χ0v) is 9.07. The number of nitrogen functional groups attached to an aromatic ring is 1. The molecule has 3 N–H and O–H groups in total. The number of thioether (sulfide) groups is 1. The van der Waals surface area contributed by atoms with Crippen molar-refractivity contribution in [2.45, 2.75) is 23.2 Å². The monoisotopic (exact) mass is 228 g/mol. The molecule has 2 rings (SSSR count). The Morgan fingerprint density at radius 3 is 2.73 bits per heavy atom. The summed E-state index contributed by atoms with van der Waals surface area (Å²) in [5.41, 5.74) is 5.53. The molecule has 1 aromatic rings. The van der Waals surface area contributed by atoms with E-state index in [9.17, 15) is 4.79 Å². The topological polar surface area (TPSA) is 94.0 Å². The molecule has 1 heterocycles. The van der Waals surface area contributed by atoms with Gasteiger partial charge >= 0.3 is 5.97 Å². The molecule has 0 radical (unpaired) electrons. The number of nitrogens with zero attached hydrogens (tertiary/aromatic N) is 3. The van der Waals surface area contributed by atoms with E-state index in [1.54, 1.807) is 11.6 Å². The molecule has 1 aromatic heterocycles. The summed E-state index contributed by atoms with van der Waals surface area (Å²) in [7, 11) is 1.77. The SMILES string of the molecule is Cn1c(N)nnc1SC1CCC1C(=O)O. The lowest BCUT2D eigenvalue weighted by atomic mass is 9.85. The second-order valence-corrected chi connectivity index (χ2v) is 4.78. The summed E-state index contributed by atoms with van der Waals surface area (Å²) in [6, 6.07) is 0. The van der Waals surface area contributed by atoms with Crippen molar-refractivity contribution in [3.8, 4) is 0 Å². The van der Waals surface area contributed by atoms with E-state index in [0.717, 1.165) is 12.8 Å². The van der Waals surface area contributed by atoms with Gasteiger partial charge < -0.3 is 10.8 Å². The molecule has 1 aliphatic rings. The summed E-state index contributed by atoms with van der Waals surface area (Å²) >= 11 is 1.44. The van der Waals surface area contributed by atoms with E-state index in [2.05, 4.69) is 10.2 Å². The summed E-state index contributed by atoms with van der Waals surface area (Å²) in [4.78, 5) is 10.8. The zero-order chi connectivity index (χ0) is 11.0.